The molecule has 2 amide bonds. The van der Waals surface area contributed by atoms with Crippen LogP contribution in [0.5, 0.6) is 0 Å². The second kappa shape index (κ2) is 11.2. The van der Waals surface area contributed by atoms with E-state index >= 15 is 0 Å². The van der Waals surface area contributed by atoms with Gasteiger partial charge in [-0.3, -0.25) is 23.9 Å². The van der Waals surface area contributed by atoms with Crippen molar-refractivity contribution < 1.29 is 14.0 Å². The molecule has 0 aliphatic heterocycles. The summed E-state index contributed by atoms with van der Waals surface area (Å²) >= 11 is 0. The Balaban J connectivity index is 2.15. The smallest absolute Gasteiger partial charge is 0.330 e. The number of aromatic amines is 1. The quantitative estimate of drug-likeness (QED) is 0.460. The molecule has 0 spiro atoms. The Kier molecular flexibility index (Phi) is 8.65. The van der Waals surface area contributed by atoms with Crippen LogP contribution in [0.3, 0.4) is 0 Å². The molecule has 2 rings (SSSR count). The van der Waals surface area contributed by atoms with E-state index in [9.17, 15) is 19.2 Å². The maximum atomic E-state index is 12.9. The van der Waals surface area contributed by atoms with Crippen molar-refractivity contribution in [3.8, 4) is 0 Å². The van der Waals surface area contributed by atoms with Gasteiger partial charge in [0.2, 0.25) is 5.91 Å². The van der Waals surface area contributed by atoms with E-state index in [1.165, 1.54) is 15.7 Å². The zero-order valence-electron chi connectivity index (χ0n) is 18.3. The Morgan fingerprint density at radius 3 is 2.65 bits per heavy atom. The third-order valence-corrected chi connectivity index (χ3v) is 4.67. The number of unbranched alkanes of at least 4 members (excludes halogenated alkanes) is 1. The van der Waals surface area contributed by atoms with Crippen molar-refractivity contribution in [3.05, 3.63) is 45.0 Å². The van der Waals surface area contributed by atoms with Gasteiger partial charge in [0, 0.05) is 26.1 Å². The summed E-state index contributed by atoms with van der Waals surface area (Å²) in [5.74, 6) is -0.355. The number of hydrogen-bond acceptors (Lipinski definition) is 6. The highest BCUT2D eigenvalue weighted by atomic mass is 16.3. The molecule has 170 valence electrons. The van der Waals surface area contributed by atoms with Crippen LogP contribution < -0.4 is 27.2 Å². The van der Waals surface area contributed by atoms with Gasteiger partial charge in [-0.1, -0.05) is 27.2 Å². The lowest BCUT2D eigenvalue weighted by molar-refractivity contribution is -0.118. The molecule has 0 aromatic carbocycles. The molecule has 10 heteroatoms. The van der Waals surface area contributed by atoms with Crippen molar-refractivity contribution in [2.24, 2.45) is 5.92 Å². The molecule has 0 atom stereocenters. The van der Waals surface area contributed by atoms with Crippen LogP contribution in [0.4, 0.5) is 11.5 Å². The molecule has 10 nitrogen and oxygen atoms in total. The second-order valence-corrected chi connectivity index (χ2v) is 7.73. The topological polar surface area (TPSA) is 143 Å². The number of carbonyl (C=O) groups excluding carboxylic acids is 2. The average molecular weight is 434 g/mol. The molecule has 0 aliphatic rings. The largest absolute Gasteiger partial charge is 0.459 e. The molecule has 0 bridgehead atoms. The van der Waals surface area contributed by atoms with Gasteiger partial charge in [-0.25, -0.2) is 4.79 Å². The summed E-state index contributed by atoms with van der Waals surface area (Å²) in [6.45, 7) is 6.72. The minimum absolute atomic E-state index is 0.00155. The van der Waals surface area contributed by atoms with Crippen molar-refractivity contribution in [1.29, 1.82) is 0 Å². The van der Waals surface area contributed by atoms with Gasteiger partial charge >= 0.3 is 5.69 Å². The van der Waals surface area contributed by atoms with Crippen LogP contribution in [-0.2, 0) is 11.3 Å². The molecular weight excluding hydrogens is 402 g/mol. The number of hydrogen-bond donors (Lipinski definition) is 3. The number of anilines is 2. The first-order chi connectivity index (χ1) is 14.8. The normalized spacial score (nSPS) is 11.0. The highest BCUT2D eigenvalue weighted by molar-refractivity contribution is 5.95. The number of aromatic nitrogens is 2. The Hall–Kier alpha value is -3.30. The molecule has 0 saturated carbocycles. The molecule has 0 aliphatic carbocycles. The van der Waals surface area contributed by atoms with Gasteiger partial charge in [-0.05, 0) is 30.9 Å². The first-order valence-electron chi connectivity index (χ1n) is 10.5. The lowest BCUT2D eigenvalue weighted by Gasteiger charge is -2.25. The van der Waals surface area contributed by atoms with E-state index in [1.54, 1.807) is 12.1 Å². The highest BCUT2D eigenvalue weighted by Gasteiger charge is 2.24. The summed E-state index contributed by atoms with van der Waals surface area (Å²) in [6.07, 6.45) is 3.36. The Bertz CT molecular complexity index is 991. The van der Waals surface area contributed by atoms with E-state index in [1.807, 2.05) is 20.8 Å². The van der Waals surface area contributed by atoms with Crippen LogP contribution in [-0.4, -0.2) is 34.5 Å². The van der Waals surface area contributed by atoms with Crippen molar-refractivity contribution in [2.45, 2.75) is 53.0 Å². The van der Waals surface area contributed by atoms with Gasteiger partial charge in [-0.15, -0.1) is 0 Å². The number of amides is 2. The van der Waals surface area contributed by atoms with E-state index in [4.69, 9.17) is 10.2 Å². The standard InChI is InChI=1S/C21H31N5O5/c1-4-5-11-25(16(27)9-6-10-23-19(28)15-8-7-12-31-15)17-18(22)26(13-14(2)3)21(30)24-20(17)29/h7-8,12,14H,4-6,9-11,13,22H2,1-3H3,(H,23,28)(H,24,29,30). The van der Waals surface area contributed by atoms with Crippen molar-refractivity contribution in [1.82, 2.24) is 14.9 Å². The number of nitrogens with two attached hydrogens (primary N) is 1. The summed E-state index contributed by atoms with van der Waals surface area (Å²) < 4.78 is 6.31. The molecule has 0 saturated heterocycles. The highest BCUT2D eigenvalue weighted by Crippen LogP contribution is 2.19. The van der Waals surface area contributed by atoms with Gasteiger partial charge < -0.3 is 20.4 Å². The van der Waals surface area contributed by atoms with Gasteiger partial charge in [-0.2, -0.15) is 0 Å². The zero-order valence-corrected chi connectivity index (χ0v) is 18.3. The Morgan fingerprint density at radius 1 is 1.29 bits per heavy atom. The SMILES string of the molecule is CCCCN(C(=O)CCCNC(=O)c1ccco1)c1c(N)n(CC(C)C)c(=O)[nH]c1=O. The summed E-state index contributed by atoms with van der Waals surface area (Å²) in [7, 11) is 0. The Labute approximate surface area is 180 Å². The first-order valence-corrected chi connectivity index (χ1v) is 10.5. The molecule has 31 heavy (non-hydrogen) atoms. The predicted molar refractivity (Wildman–Crippen MR) is 118 cm³/mol. The van der Waals surface area contributed by atoms with Crippen LogP contribution in [0, 0.1) is 5.92 Å². The van der Waals surface area contributed by atoms with Gasteiger partial charge in [0.05, 0.1) is 6.26 Å². The number of furan rings is 1. The minimum Gasteiger partial charge on any atom is -0.459 e. The molecule has 0 radical (unpaired) electrons. The van der Waals surface area contributed by atoms with E-state index in [2.05, 4.69) is 10.3 Å². The van der Waals surface area contributed by atoms with E-state index < -0.39 is 11.2 Å². The summed E-state index contributed by atoms with van der Waals surface area (Å²) in [5, 5.41) is 2.68. The maximum absolute atomic E-state index is 12.9. The van der Waals surface area contributed by atoms with Crippen molar-refractivity contribution in [2.75, 3.05) is 23.7 Å². The number of nitrogens with zero attached hydrogens (tertiary/aromatic N) is 2. The molecule has 2 heterocycles. The van der Waals surface area contributed by atoms with Crippen LogP contribution in [0.15, 0.2) is 32.4 Å². The number of nitrogen functional groups attached to an aromatic ring is 1. The fourth-order valence-electron chi connectivity index (χ4n) is 3.13. The monoisotopic (exact) mass is 433 g/mol. The van der Waals surface area contributed by atoms with Crippen LogP contribution in [0.2, 0.25) is 0 Å². The molecule has 0 fully saturated rings. The number of H-pyrrole nitrogens is 1. The van der Waals surface area contributed by atoms with Gasteiger partial charge in [0.15, 0.2) is 11.4 Å². The number of carbonyl (C=O) groups is 2. The van der Waals surface area contributed by atoms with E-state index in [0.29, 0.717) is 25.9 Å². The van der Waals surface area contributed by atoms with E-state index in [0.717, 1.165) is 6.42 Å². The fourth-order valence-corrected chi connectivity index (χ4v) is 3.13. The third kappa shape index (κ3) is 6.34. The van der Waals surface area contributed by atoms with Crippen LogP contribution in [0.1, 0.15) is 57.0 Å². The zero-order chi connectivity index (χ0) is 23.0. The Morgan fingerprint density at radius 2 is 2.03 bits per heavy atom. The van der Waals surface area contributed by atoms with Crippen LogP contribution >= 0.6 is 0 Å². The predicted octanol–water partition coefficient (Wildman–Crippen LogP) is 1.71. The number of rotatable bonds is 11. The van der Waals surface area contributed by atoms with Crippen molar-refractivity contribution in [3.63, 3.8) is 0 Å². The second-order valence-electron chi connectivity index (χ2n) is 7.73. The van der Waals surface area contributed by atoms with Crippen molar-refractivity contribution >= 4 is 23.3 Å². The molecule has 4 N–H and O–H groups in total. The summed E-state index contributed by atoms with van der Waals surface area (Å²) in [4.78, 5) is 53.2. The lowest BCUT2D eigenvalue weighted by atomic mass is 10.2. The first kappa shape index (κ1) is 24.0. The van der Waals surface area contributed by atoms with Gasteiger partial charge in [0.25, 0.3) is 11.5 Å². The summed E-state index contributed by atoms with van der Waals surface area (Å²) in [6, 6.07) is 3.17. The number of nitrogens with one attached hydrogen (secondary N) is 2. The van der Waals surface area contributed by atoms with E-state index in [-0.39, 0.29) is 48.0 Å². The summed E-state index contributed by atoms with van der Waals surface area (Å²) in [5.41, 5.74) is 4.90. The molecule has 2 aromatic rings. The molecule has 0 unspecified atom stereocenters. The fraction of sp³-hybridized carbons (Fsp3) is 0.524. The maximum Gasteiger partial charge on any atom is 0.330 e. The van der Waals surface area contributed by atoms with Crippen LogP contribution in [0.25, 0.3) is 0 Å². The molecular formula is C21H31N5O5. The minimum atomic E-state index is -0.682. The average Bonchev–Trinajstić information content (AvgIpc) is 3.25. The molecule has 2 aromatic heterocycles. The van der Waals surface area contributed by atoms with Gasteiger partial charge in [0.1, 0.15) is 5.82 Å². The third-order valence-electron chi connectivity index (χ3n) is 4.67. The lowest BCUT2D eigenvalue weighted by Crippen LogP contribution is -2.42.